The molecule has 1 aromatic carbocycles. The third-order valence-electron chi connectivity index (χ3n) is 3.15. The number of hydrogen-bond acceptors (Lipinski definition) is 3. The van der Waals surface area contributed by atoms with Gasteiger partial charge in [-0.1, -0.05) is 19.1 Å². The summed E-state index contributed by atoms with van der Waals surface area (Å²) >= 11 is 0. The number of ether oxygens (including phenoxy) is 1. The number of carbonyl (C=O) groups is 1. The summed E-state index contributed by atoms with van der Waals surface area (Å²) in [6, 6.07) is 7.41. The van der Waals surface area contributed by atoms with E-state index in [-0.39, 0.29) is 18.3 Å². The maximum Gasteiger partial charge on any atom is 0.249 e. The lowest BCUT2D eigenvalue weighted by molar-refractivity contribution is -0.137. The van der Waals surface area contributed by atoms with Crippen LogP contribution < -0.4 is 0 Å². The molecule has 1 fully saturated rings. The Morgan fingerprint density at radius 3 is 2.89 bits per heavy atom. The minimum atomic E-state index is 0.0410. The summed E-state index contributed by atoms with van der Waals surface area (Å²) in [7, 11) is 0. The van der Waals surface area contributed by atoms with E-state index in [0.29, 0.717) is 19.2 Å². The summed E-state index contributed by atoms with van der Waals surface area (Å²) in [5, 5.41) is 9.46. The number of aromatic hydroxyl groups is 1. The van der Waals surface area contributed by atoms with Crippen molar-refractivity contribution in [3.8, 4) is 5.75 Å². The summed E-state index contributed by atoms with van der Waals surface area (Å²) in [6.45, 7) is 3.35. The fourth-order valence-corrected chi connectivity index (χ4v) is 2.05. The molecule has 1 aliphatic carbocycles. The molecule has 1 N–H and O–H groups in total. The quantitative estimate of drug-likeness (QED) is 0.768. The lowest BCUT2D eigenvalue weighted by Crippen LogP contribution is -2.35. The maximum atomic E-state index is 12.1. The summed E-state index contributed by atoms with van der Waals surface area (Å²) in [5.41, 5.74) is 0.954. The van der Waals surface area contributed by atoms with Crippen LogP contribution in [0.5, 0.6) is 5.75 Å². The van der Waals surface area contributed by atoms with Crippen LogP contribution in [0.1, 0.15) is 31.7 Å². The van der Waals surface area contributed by atoms with Crippen molar-refractivity contribution in [1.29, 1.82) is 0 Å². The molecule has 0 bridgehead atoms. The SMILES string of the molecule is CCCOCC(=O)N(Cc1cccc(O)c1)C1CC1. The molecule has 1 aromatic rings. The van der Waals surface area contributed by atoms with E-state index >= 15 is 0 Å². The summed E-state index contributed by atoms with van der Waals surface area (Å²) in [4.78, 5) is 14.0. The molecule has 1 saturated carbocycles. The molecule has 0 saturated heterocycles. The molecule has 1 aliphatic rings. The smallest absolute Gasteiger partial charge is 0.249 e. The number of benzene rings is 1. The monoisotopic (exact) mass is 263 g/mol. The van der Waals surface area contributed by atoms with Gasteiger partial charge in [0.05, 0.1) is 0 Å². The van der Waals surface area contributed by atoms with Gasteiger partial charge in [-0.2, -0.15) is 0 Å². The van der Waals surface area contributed by atoms with E-state index in [1.54, 1.807) is 18.2 Å². The molecule has 1 amide bonds. The first-order chi connectivity index (χ1) is 9.20. The highest BCUT2D eigenvalue weighted by atomic mass is 16.5. The van der Waals surface area contributed by atoms with Crippen molar-refractivity contribution < 1.29 is 14.6 Å². The predicted octanol–water partition coefficient (Wildman–Crippen LogP) is 2.31. The van der Waals surface area contributed by atoms with Crippen molar-refractivity contribution in [2.45, 2.75) is 38.8 Å². The first-order valence-corrected chi connectivity index (χ1v) is 6.86. The summed E-state index contributed by atoms with van der Waals surface area (Å²) in [5.74, 6) is 0.280. The first kappa shape index (κ1) is 13.9. The first-order valence-electron chi connectivity index (χ1n) is 6.86. The van der Waals surface area contributed by atoms with Crippen molar-refractivity contribution in [2.24, 2.45) is 0 Å². The molecular weight excluding hydrogens is 242 g/mol. The van der Waals surface area contributed by atoms with Crippen molar-refractivity contribution in [2.75, 3.05) is 13.2 Å². The van der Waals surface area contributed by atoms with Crippen molar-refractivity contribution in [3.05, 3.63) is 29.8 Å². The van der Waals surface area contributed by atoms with Crippen LogP contribution in [0.25, 0.3) is 0 Å². The standard InChI is InChI=1S/C15H21NO3/c1-2-8-19-11-15(18)16(13-6-7-13)10-12-4-3-5-14(17)9-12/h3-5,9,13,17H,2,6-8,10-11H2,1H3. The number of carbonyl (C=O) groups excluding carboxylic acids is 1. The van der Waals surface area contributed by atoms with E-state index in [1.165, 1.54) is 0 Å². The molecular formula is C15H21NO3. The molecule has 0 aromatic heterocycles. The second kappa shape index (κ2) is 6.57. The van der Waals surface area contributed by atoms with Crippen LogP contribution in [-0.4, -0.2) is 35.2 Å². The predicted molar refractivity (Wildman–Crippen MR) is 72.8 cm³/mol. The van der Waals surface area contributed by atoms with Gasteiger partial charge in [0.15, 0.2) is 0 Å². The van der Waals surface area contributed by atoms with E-state index in [4.69, 9.17) is 4.74 Å². The minimum Gasteiger partial charge on any atom is -0.508 e. The van der Waals surface area contributed by atoms with Crippen molar-refractivity contribution >= 4 is 5.91 Å². The number of nitrogens with zero attached hydrogens (tertiary/aromatic N) is 1. The molecule has 4 heteroatoms. The lowest BCUT2D eigenvalue weighted by Gasteiger charge is -2.22. The van der Waals surface area contributed by atoms with Gasteiger partial charge in [0, 0.05) is 19.2 Å². The molecule has 0 atom stereocenters. The van der Waals surface area contributed by atoms with Gasteiger partial charge < -0.3 is 14.7 Å². The third-order valence-corrected chi connectivity index (χ3v) is 3.15. The Hall–Kier alpha value is -1.55. The Kier molecular flexibility index (Phi) is 4.80. The number of phenols is 1. The van der Waals surface area contributed by atoms with Gasteiger partial charge in [0.2, 0.25) is 5.91 Å². The number of hydrogen-bond donors (Lipinski definition) is 1. The van der Waals surface area contributed by atoms with Crippen LogP contribution in [0, 0.1) is 0 Å². The Labute approximate surface area is 114 Å². The van der Waals surface area contributed by atoms with E-state index in [0.717, 1.165) is 24.8 Å². The third kappa shape index (κ3) is 4.24. The number of rotatable bonds is 7. The van der Waals surface area contributed by atoms with Gasteiger partial charge >= 0.3 is 0 Å². The highest BCUT2D eigenvalue weighted by molar-refractivity contribution is 5.78. The van der Waals surface area contributed by atoms with Crippen LogP contribution in [-0.2, 0) is 16.1 Å². The number of phenolic OH excluding ortho intramolecular Hbond substituents is 1. The van der Waals surface area contributed by atoms with Crippen LogP contribution in [0.15, 0.2) is 24.3 Å². The topological polar surface area (TPSA) is 49.8 Å². The summed E-state index contributed by atoms with van der Waals surface area (Å²) < 4.78 is 5.32. The van der Waals surface area contributed by atoms with Gasteiger partial charge in [-0.3, -0.25) is 4.79 Å². The summed E-state index contributed by atoms with van der Waals surface area (Å²) in [6.07, 6.45) is 3.06. The normalized spacial score (nSPS) is 14.4. The molecule has 0 aliphatic heterocycles. The van der Waals surface area contributed by atoms with Gasteiger partial charge in [-0.05, 0) is 37.0 Å². The van der Waals surface area contributed by atoms with E-state index < -0.39 is 0 Å². The van der Waals surface area contributed by atoms with Crippen LogP contribution in [0.3, 0.4) is 0 Å². The van der Waals surface area contributed by atoms with Gasteiger partial charge in [0.1, 0.15) is 12.4 Å². The maximum absolute atomic E-state index is 12.1. The Morgan fingerprint density at radius 1 is 1.47 bits per heavy atom. The Morgan fingerprint density at radius 2 is 2.26 bits per heavy atom. The second-order valence-corrected chi connectivity index (χ2v) is 4.98. The molecule has 4 nitrogen and oxygen atoms in total. The highest BCUT2D eigenvalue weighted by Crippen LogP contribution is 2.29. The number of amides is 1. The van der Waals surface area contributed by atoms with Crippen LogP contribution in [0.2, 0.25) is 0 Å². The van der Waals surface area contributed by atoms with Crippen molar-refractivity contribution in [1.82, 2.24) is 4.90 Å². The van der Waals surface area contributed by atoms with Gasteiger partial charge in [0.25, 0.3) is 0 Å². The van der Waals surface area contributed by atoms with E-state index in [9.17, 15) is 9.90 Å². The average Bonchev–Trinajstić information content (AvgIpc) is 3.20. The zero-order valence-corrected chi connectivity index (χ0v) is 11.3. The molecule has 0 radical (unpaired) electrons. The lowest BCUT2D eigenvalue weighted by atomic mass is 10.2. The minimum absolute atomic E-state index is 0.0410. The Bertz CT molecular complexity index is 429. The zero-order valence-electron chi connectivity index (χ0n) is 11.3. The molecule has 0 spiro atoms. The largest absolute Gasteiger partial charge is 0.508 e. The molecule has 104 valence electrons. The molecule has 2 rings (SSSR count). The van der Waals surface area contributed by atoms with Crippen LogP contribution >= 0.6 is 0 Å². The van der Waals surface area contributed by atoms with E-state index in [1.807, 2.05) is 17.9 Å². The molecule has 0 unspecified atom stereocenters. The van der Waals surface area contributed by atoms with E-state index in [2.05, 4.69) is 0 Å². The fraction of sp³-hybridized carbons (Fsp3) is 0.533. The van der Waals surface area contributed by atoms with Gasteiger partial charge in [-0.15, -0.1) is 0 Å². The van der Waals surface area contributed by atoms with Crippen LogP contribution in [0.4, 0.5) is 0 Å². The molecule has 0 heterocycles. The highest BCUT2D eigenvalue weighted by Gasteiger charge is 2.32. The van der Waals surface area contributed by atoms with Gasteiger partial charge in [-0.25, -0.2) is 0 Å². The Balaban J connectivity index is 1.94. The average molecular weight is 263 g/mol. The molecule has 19 heavy (non-hydrogen) atoms. The second-order valence-electron chi connectivity index (χ2n) is 4.98. The van der Waals surface area contributed by atoms with Crippen molar-refractivity contribution in [3.63, 3.8) is 0 Å². The fourth-order valence-electron chi connectivity index (χ4n) is 2.05. The zero-order chi connectivity index (χ0) is 13.7.